The van der Waals surface area contributed by atoms with Crippen LogP contribution in [0.3, 0.4) is 0 Å². The van der Waals surface area contributed by atoms with Crippen molar-refractivity contribution >= 4 is 11.9 Å². The molecule has 8 nitrogen and oxygen atoms in total. The van der Waals surface area contributed by atoms with Crippen molar-refractivity contribution in [3.8, 4) is 23.0 Å². The normalized spacial score (nSPS) is 13.6. The van der Waals surface area contributed by atoms with E-state index in [0.717, 1.165) is 22.3 Å². The first-order valence-electron chi connectivity index (χ1n) is 20.9. The molecule has 0 saturated carbocycles. The zero-order chi connectivity index (χ0) is 44.0. The van der Waals surface area contributed by atoms with E-state index in [4.69, 9.17) is 14.2 Å². The Morgan fingerprint density at radius 2 is 0.678 bits per heavy atom. The Morgan fingerprint density at radius 3 is 0.898 bits per heavy atom. The Bertz CT molecular complexity index is 2100. The average Bonchev–Trinajstić information content (AvgIpc) is 3.10. The summed E-state index contributed by atoms with van der Waals surface area (Å²) in [4.78, 5) is 27.0. The lowest BCUT2D eigenvalue weighted by atomic mass is 9.79. The van der Waals surface area contributed by atoms with E-state index >= 15 is 0 Å². The van der Waals surface area contributed by atoms with Crippen molar-refractivity contribution in [1.82, 2.24) is 0 Å². The first-order valence-corrected chi connectivity index (χ1v) is 20.9. The van der Waals surface area contributed by atoms with Gasteiger partial charge in [-0.05, 0) is 102 Å². The van der Waals surface area contributed by atoms with Gasteiger partial charge in [0.1, 0.15) is 23.0 Å². The van der Waals surface area contributed by atoms with Gasteiger partial charge in [-0.15, -0.1) is 0 Å². The second-order valence-electron chi connectivity index (χ2n) is 20.3. The summed E-state index contributed by atoms with van der Waals surface area (Å²) in [6, 6.07) is 16.1. The third kappa shape index (κ3) is 10.1. The van der Waals surface area contributed by atoms with Gasteiger partial charge in [-0.1, -0.05) is 132 Å². The van der Waals surface area contributed by atoms with Gasteiger partial charge >= 0.3 is 11.9 Å². The Kier molecular flexibility index (Phi) is 12.7. The van der Waals surface area contributed by atoms with Crippen molar-refractivity contribution in [2.75, 3.05) is 13.2 Å². The van der Waals surface area contributed by atoms with E-state index in [9.17, 15) is 24.9 Å². The van der Waals surface area contributed by atoms with Crippen molar-refractivity contribution < 1.29 is 39.1 Å². The number of fused-ring (bicyclic) bond motifs is 8. The molecule has 59 heavy (non-hydrogen) atoms. The van der Waals surface area contributed by atoms with Crippen molar-refractivity contribution in [2.24, 2.45) is 0 Å². The molecule has 1 aliphatic rings. The van der Waals surface area contributed by atoms with Crippen LogP contribution < -0.4 is 4.74 Å². The standard InChI is InChI=1S/C51H66O8/c1-15-57-46(55)45(47(56)58-16-2)59-44-35-19-33-25-38(49(6,7)8)23-31(42(33)53)17-29-21-37(48(3,4)5)22-30(41(29)52)18-32-24-39(50(9,10)11)26-34(43(32)54)20-36(44)28-40(27-35)51(12,13)14/h21-28,45,52-54H,15-20H2,1-14H3. The zero-order valence-electron chi connectivity index (χ0n) is 37.8. The summed E-state index contributed by atoms with van der Waals surface area (Å²) in [5.74, 6) is -1.16. The molecule has 0 atom stereocenters. The summed E-state index contributed by atoms with van der Waals surface area (Å²) in [6.45, 7) is 28.9. The number of phenolic OH excluding ortho intramolecular Hbond substituents is 3. The van der Waals surface area contributed by atoms with Crippen LogP contribution in [0, 0.1) is 0 Å². The molecule has 318 valence electrons. The van der Waals surface area contributed by atoms with Crippen LogP contribution in [0.15, 0.2) is 48.5 Å². The summed E-state index contributed by atoms with van der Waals surface area (Å²) in [6.07, 6.45) is -0.888. The van der Waals surface area contributed by atoms with Gasteiger partial charge in [0, 0.05) is 25.7 Å². The Balaban J connectivity index is 1.95. The smallest absolute Gasteiger partial charge is 0.359 e. The highest BCUT2D eigenvalue weighted by Crippen LogP contribution is 2.43. The maximum atomic E-state index is 13.5. The van der Waals surface area contributed by atoms with Gasteiger partial charge in [0.05, 0.1) is 13.2 Å². The summed E-state index contributed by atoms with van der Waals surface area (Å²) in [5.41, 5.74) is 7.93. The highest BCUT2D eigenvalue weighted by Gasteiger charge is 2.35. The summed E-state index contributed by atoms with van der Waals surface area (Å²) in [7, 11) is 0. The van der Waals surface area contributed by atoms with Crippen LogP contribution in [0.2, 0.25) is 0 Å². The lowest BCUT2D eigenvalue weighted by Crippen LogP contribution is -2.39. The number of aromatic hydroxyl groups is 3. The maximum absolute atomic E-state index is 13.5. The van der Waals surface area contributed by atoms with Crippen LogP contribution in [0.4, 0.5) is 0 Å². The highest BCUT2D eigenvalue weighted by atomic mass is 16.6. The molecular formula is C51H66O8. The fraction of sp³-hybridized carbons (Fsp3) is 0.490. The van der Waals surface area contributed by atoms with E-state index in [0.29, 0.717) is 44.5 Å². The Morgan fingerprint density at radius 1 is 0.458 bits per heavy atom. The molecule has 5 rings (SSSR count). The number of benzene rings is 4. The van der Waals surface area contributed by atoms with Gasteiger partial charge in [-0.25, -0.2) is 9.59 Å². The molecule has 0 amide bonds. The molecule has 0 fully saturated rings. The summed E-state index contributed by atoms with van der Waals surface area (Å²) in [5, 5.41) is 36.7. The number of rotatable bonds is 6. The van der Waals surface area contributed by atoms with Gasteiger partial charge < -0.3 is 29.5 Å². The maximum Gasteiger partial charge on any atom is 0.359 e. The molecule has 0 heterocycles. The van der Waals surface area contributed by atoms with E-state index in [-0.39, 0.29) is 83.6 Å². The van der Waals surface area contributed by atoms with Gasteiger partial charge in [-0.3, -0.25) is 0 Å². The van der Waals surface area contributed by atoms with Crippen LogP contribution in [0.5, 0.6) is 23.0 Å². The quantitative estimate of drug-likeness (QED) is 0.115. The first-order chi connectivity index (χ1) is 27.2. The van der Waals surface area contributed by atoms with Gasteiger partial charge in [0.25, 0.3) is 6.10 Å². The number of hydrogen-bond acceptors (Lipinski definition) is 8. The van der Waals surface area contributed by atoms with Gasteiger partial charge in [0.2, 0.25) is 0 Å². The van der Waals surface area contributed by atoms with Gasteiger partial charge in [-0.2, -0.15) is 0 Å². The number of ether oxygens (including phenoxy) is 3. The Hall–Kier alpha value is -4.98. The number of carbonyl (C=O) groups excluding carboxylic acids is 2. The molecular weight excluding hydrogens is 741 g/mol. The minimum absolute atomic E-state index is 0.0299. The third-order valence-corrected chi connectivity index (χ3v) is 11.3. The fourth-order valence-corrected chi connectivity index (χ4v) is 7.56. The molecule has 0 unspecified atom stereocenters. The summed E-state index contributed by atoms with van der Waals surface area (Å²) < 4.78 is 17.3. The molecule has 4 aromatic carbocycles. The summed E-state index contributed by atoms with van der Waals surface area (Å²) >= 11 is 0. The van der Waals surface area contributed by atoms with Crippen LogP contribution in [0.25, 0.3) is 0 Å². The third-order valence-electron chi connectivity index (χ3n) is 11.3. The molecule has 8 heteroatoms. The molecule has 4 aromatic rings. The predicted molar refractivity (Wildman–Crippen MR) is 234 cm³/mol. The molecule has 0 aromatic heterocycles. The SMILES string of the molecule is CCOC(=O)C(Oc1c2cc(C(C)(C)C)cc1Cc1cc(C(C)(C)C)cc(c1O)Cc1cc(C(C)(C)C)cc(c1O)Cc1cc(C(C)(C)C)cc(c1O)C2)C(=O)OCC. The van der Waals surface area contributed by atoms with E-state index in [1.165, 1.54) is 0 Å². The van der Waals surface area contributed by atoms with E-state index < -0.39 is 18.0 Å². The average molecular weight is 807 g/mol. The van der Waals surface area contributed by atoms with E-state index in [2.05, 4.69) is 83.1 Å². The zero-order valence-corrected chi connectivity index (χ0v) is 37.8. The van der Waals surface area contributed by atoms with Crippen molar-refractivity contribution in [2.45, 2.75) is 150 Å². The first kappa shape index (κ1) is 45.1. The molecule has 0 radical (unpaired) electrons. The van der Waals surface area contributed by atoms with Crippen LogP contribution in [-0.2, 0) is 66.4 Å². The molecule has 0 saturated heterocycles. The topological polar surface area (TPSA) is 123 Å². The van der Waals surface area contributed by atoms with Crippen LogP contribution in [-0.4, -0.2) is 46.6 Å². The second kappa shape index (κ2) is 16.6. The largest absolute Gasteiger partial charge is 0.507 e. The van der Waals surface area contributed by atoms with E-state index in [1.807, 2.05) is 48.5 Å². The lowest BCUT2D eigenvalue weighted by Gasteiger charge is -2.28. The molecule has 0 spiro atoms. The molecule has 1 aliphatic carbocycles. The number of phenols is 3. The predicted octanol–water partition coefficient (Wildman–Crippen LogP) is 10.5. The number of hydrogen-bond donors (Lipinski definition) is 3. The van der Waals surface area contributed by atoms with Crippen molar-refractivity contribution in [1.29, 1.82) is 0 Å². The minimum Gasteiger partial charge on any atom is -0.507 e. The minimum atomic E-state index is -1.72. The van der Waals surface area contributed by atoms with Crippen LogP contribution in [0.1, 0.15) is 164 Å². The number of esters is 2. The monoisotopic (exact) mass is 806 g/mol. The lowest BCUT2D eigenvalue weighted by molar-refractivity contribution is -0.166. The van der Waals surface area contributed by atoms with Crippen LogP contribution >= 0.6 is 0 Å². The molecule has 3 N–H and O–H groups in total. The second-order valence-corrected chi connectivity index (χ2v) is 20.3. The highest BCUT2D eigenvalue weighted by molar-refractivity contribution is 5.98. The van der Waals surface area contributed by atoms with Crippen molar-refractivity contribution in [3.05, 3.63) is 115 Å². The molecule has 8 bridgehead atoms. The van der Waals surface area contributed by atoms with Gasteiger partial charge in [0.15, 0.2) is 0 Å². The fourth-order valence-electron chi connectivity index (χ4n) is 7.56. The number of carbonyl (C=O) groups is 2. The van der Waals surface area contributed by atoms with E-state index in [1.54, 1.807) is 13.8 Å². The Labute approximate surface area is 351 Å². The van der Waals surface area contributed by atoms with Crippen molar-refractivity contribution in [3.63, 3.8) is 0 Å². The molecule has 0 aliphatic heterocycles.